The highest BCUT2D eigenvalue weighted by atomic mass is 16.5. The quantitative estimate of drug-likeness (QED) is 0.644. The first-order valence-electron chi connectivity index (χ1n) is 8.92. The lowest BCUT2D eigenvalue weighted by molar-refractivity contribution is -0.123. The molecule has 0 fully saturated rings. The monoisotopic (exact) mass is 396 g/mol. The maximum atomic E-state index is 12.0. The first-order valence-corrected chi connectivity index (χ1v) is 8.92. The lowest BCUT2D eigenvalue weighted by Crippen LogP contribution is -2.43. The van der Waals surface area contributed by atoms with Gasteiger partial charge in [-0.3, -0.25) is 20.4 Å². The van der Waals surface area contributed by atoms with Crippen molar-refractivity contribution in [3.05, 3.63) is 89.5 Å². The minimum absolute atomic E-state index is 0.258. The van der Waals surface area contributed by atoms with Crippen molar-refractivity contribution in [2.45, 2.75) is 0 Å². The van der Waals surface area contributed by atoms with E-state index in [9.17, 15) is 9.59 Å². The van der Waals surface area contributed by atoms with Gasteiger partial charge in [0.25, 0.3) is 11.8 Å². The van der Waals surface area contributed by atoms with Crippen molar-refractivity contribution in [2.75, 3.05) is 6.61 Å². The van der Waals surface area contributed by atoms with Gasteiger partial charge in [-0.15, -0.1) is 0 Å². The maximum Gasteiger partial charge on any atom is 0.276 e. The first kappa shape index (κ1) is 20.1. The Balaban J connectivity index is 1.49. The standard InChI is InChI=1S/C23H16N4O3/c24-13-16-4-6-18(7-5-16)19-8-10-21(11-9-19)30-15-22(28)26-27-23(29)20-3-1-2-17(12-20)14-25/h1-12H,15H2,(H,26,28)(H,27,29). The van der Waals surface area contributed by atoms with Crippen molar-refractivity contribution in [3.63, 3.8) is 0 Å². The van der Waals surface area contributed by atoms with Crippen molar-refractivity contribution in [2.24, 2.45) is 0 Å². The molecule has 7 heteroatoms. The van der Waals surface area contributed by atoms with Crippen molar-refractivity contribution in [1.82, 2.24) is 10.9 Å². The molecule has 0 atom stereocenters. The molecule has 0 spiro atoms. The number of hydrazine groups is 1. The number of nitrogens with zero attached hydrogens (tertiary/aromatic N) is 2. The van der Waals surface area contributed by atoms with Gasteiger partial charge in [0.2, 0.25) is 0 Å². The normalized spacial score (nSPS) is 9.67. The van der Waals surface area contributed by atoms with Gasteiger partial charge >= 0.3 is 0 Å². The number of ether oxygens (including phenoxy) is 1. The van der Waals surface area contributed by atoms with Gasteiger partial charge in [-0.1, -0.05) is 30.3 Å². The average Bonchev–Trinajstić information content (AvgIpc) is 2.81. The number of rotatable bonds is 5. The van der Waals surface area contributed by atoms with Crippen LogP contribution in [-0.2, 0) is 4.79 Å². The molecule has 2 N–H and O–H groups in total. The number of hydrogen-bond donors (Lipinski definition) is 2. The molecule has 2 amide bonds. The Labute approximate surface area is 173 Å². The molecule has 0 heterocycles. The van der Waals surface area contributed by atoms with E-state index < -0.39 is 11.8 Å². The van der Waals surface area contributed by atoms with Crippen molar-refractivity contribution in [1.29, 1.82) is 10.5 Å². The molecule has 0 radical (unpaired) electrons. The fourth-order valence-electron chi connectivity index (χ4n) is 2.59. The zero-order valence-electron chi connectivity index (χ0n) is 15.8. The lowest BCUT2D eigenvalue weighted by Gasteiger charge is -2.09. The van der Waals surface area contributed by atoms with E-state index in [4.69, 9.17) is 15.3 Å². The van der Waals surface area contributed by atoms with Gasteiger partial charge in [-0.05, 0) is 53.6 Å². The van der Waals surface area contributed by atoms with E-state index in [1.807, 2.05) is 30.3 Å². The van der Waals surface area contributed by atoms with Crippen LogP contribution in [0.2, 0.25) is 0 Å². The van der Waals surface area contributed by atoms with Crippen LogP contribution in [0.5, 0.6) is 5.75 Å². The number of carbonyl (C=O) groups excluding carboxylic acids is 2. The van der Waals surface area contributed by atoms with Crippen LogP contribution in [0, 0.1) is 22.7 Å². The molecule has 0 aliphatic carbocycles. The third-order valence-electron chi connectivity index (χ3n) is 4.14. The summed E-state index contributed by atoms with van der Waals surface area (Å²) in [6.07, 6.45) is 0. The third kappa shape index (κ3) is 5.22. The van der Waals surface area contributed by atoms with Gasteiger partial charge in [0.15, 0.2) is 6.61 Å². The Morgan fingerprint density at radius 3 is 2.07 bits per heavy atom. The zero-order chi connectivity index (χ0) is 21.3. The Hall–Kier alpha value is -4.62. The largest absolute Gasteiger partial charge is 0.484 e. The van der Waals surface area contributed by atoms with Gasteiger partial charge in [0.1, 0.15) is 5.75 Å². The first-order chi connectivity index (χ1) is 14.6. The fourth-order valence-corrected chi connectivity index (χ4v) is 2.59. The van der Waals surface area contributed by atoms with Gasteiger partial charge in [0.05, 0.1) is 23.3 Å². The number of nitrogens with one attached hydrogen (secondary N) is 2. The summed E-state index contributed by atoms with van der Waals surface area (Å²) in [4.78, 5) is 23.9. The van der Waals surface area contributed by atoms with Crippen LogP contribution in [0.3, 0.4) is 0 Å². The topological polar surface area (TPSA) is 115 Å². The number of amides is 2. The SMILES string of the molecule is N#Cc1ccc(-c2ccc(OCC(=O)NNC(=O)c3cccc(C#N)c3)cc2)cc1. The highest BCUT2D eigenvalue weighted by Gasteiger charge is 2.09. The Morgan fingerprint density at radius 2 is 1.43 bits per heavy atom. The minimum Gasteiger partial charge on any atom is -0.484 e. The van der Waals surface area contributed by atoms with E-state index in [0.29, 0.717) is 16.9 Å². The van der Waals surface area contributed by atoms with Crippen LogP contribution in [0.25, 0.3) is 11.1 Å². The molecule has 0 aliphatic rings. The molecule has 0 aliphatic heterocycles. The number of hydrogen-bond acceptors (Lipinski definition) is 5. The molecule has 30 heavy (non-hydrogen) atoms. The summed E-state index contributed by atoms with van der Waals surface area (Å²) in [7, 11) is 0. The molecule has 3 aromatic rings. The van der Waals surface area contributed by atoms with E-state index in [2.05, 4.69) is 16.9 Å². The summed E-state index contributed by atoms with van der Waals surface area (Å²) in [5.74, 6) is -0.571. The summed E-state index contributed by atoms with van der Waals surface area (Å²) >= 11 is 0. The van der Waals surface area contributed by atoms with E-state index in [0.717, 1.165) is 11.1 Å². The second kappa shape index (κ2) is 9.54. The highest BCUT2D eigenvalue weighted by molar-refractivity contribution is 5.95. The van der Waals surface area contributed by atoms with Gasteiger partial charge in [-0.2, -0.15) is 10.5 Å². The molecule has 3 aromatic carbocycles. The van der Waals surface area contributed by atoms with E-state index >= 15 is 0 Å². The maximum absolute atomic E-state index is 12.0. The van der Waals surface area contributed by atoms with Crippen LogP contribution in [-0.4, -0.2) is 18.4 Å². The van der Waals surface area contributed by atoms with E-state index in [-0.39, 0.29) is 12.2 Å². The van der Waals surface area contributed by atoms with Gasteiger partial charge in [0, 0.05) is 5.56 Å². The lowest BCUT2D eigenvalue weighted by atomic mass is 10.0. The van der Waals surface area contributed by atoms with E-state index in [1.165, 1.54) is 12.1 Å². The third-order valence-corrected chi connectivity index (χ3v) is 4.14. The second-order valence-corrected chi connectivity index (χ2v) is 6.20. The molecule has 0 aromatic heterocycles. The molecule has 0 unspecified atom stereocenters. The van der Waals surface area contributed by atoms with Crippen LogP contribution in [0.1, 0.15) is 21.5 Å². The Bertz CT molecular complexity index is 1140. The molecule has 0 saturated carbocycles. The molecule has 0 bridgehead atoms. The van der Waals surface area contributed by atoms with Gasteiger partial charge in [-0.25, -0.2) is 0 Å². The Morgan fingerprint density at radius 1 is 0.800 bits per heavy atom. The highest BCUT2D eigenvalue weighted by Crippen LogP contribution is 2.22. The molecular formula is C23H16N4O3. The van der Waals surface area contributed by atoms with Crippen molar-refractivity contribution in [3.8, 4) is 29.0 Å². The average molecular weight is 396 g/mol. The molecule has 146 valence electrons. The molecule has 0 saturated heterocycles. The minimum atomic E-state index is -0.535. The van der Waals surface area contributed by atoms with Crippen LogP contribution in [0.15, 0.2) is 72.8 Å². The van der Waals surface area contributed by atoms with Crippen molar-refractivity contribution >= 4 is 11.8 Å². The molecule has 7 nitrogen and oxygen atoms in total. The predicted molar refractivity (Wildman–Crippen MR) is 109 cm³/mol. The fraction of sp³-hybridized carbons (Fsp3) is 0.0435. The second-order valence-electron chi connectivity index (χ2n) is 6.20. The van der Waals surface area contributed by atoms with Gasteiger partial charge < -0.3 is 4.74 Å². The van der Waals surface area contributed by atoms with Crippen LogP contribution < -0.4 is 15.6 Å². The number of benzene rings is 3. The smallest absolute Gasteiger partial charge is 0.276 e. The summed E-state index contributed by atoms with van der Waals surface area (Å²) in [5.41, 5.74) is 7.65. The Kier molecular flexibility index (Phi) is 6.40. The predicted octanol–water partition coefficient (Wildman–Crippen LogP) is 2.94. The number of carbonyl (C=O) groups is 2. The molecular weight excluding hydrogens is 380 g/mol. The van der Waals surface area contributed by atoms with E-state index in [1.54, 1.807) is 36.4 Å². The number of nitriles is 2. The summed E-state index contributed by atoms with van der Waals surface area (Å²) in [6.45, 7) is -0.283. The molecule has 3 rings (SSSR count). The summed E-state index contributed by atoms with van der Waals surface area (Å²) in [5, 5.41) is 17.7. The van der Waals surface area contributed by atoms with Crippen molar-refractivity contribution < 1.29 is 14.3 Å². The van der Waals surface area contributed by atoms with Crippen LogP contribution in [0.4, 0.5) is 0 Å². The van der Waals surface area contributed by atoms with Crippen LogP contribution >= 0.6 is 0 Å². The zero-order valence-corrected chi connectivity index (χ0v) is 15.8. The summed E-state index contributed by atoms with van der Waals surface area (Å²) < 4.78 is 5.42. The summed E-state index contributed by atoms with van der Waals surface area (Å²) in [6, 6.07) is 24.5.